The van der Waals surface area contributed by atoms with Crippen molar-refractivity contribution in [1.82, 2.24) is 14.5 Å². The quantitative estimate of drug-likeness (QED) is 0.111. The molecule has 0 atom stereocenters. The monoisotopic (exact) mass is 578 g/mol. The van der Waals surface area contributed by atoms with E-state index >= 15 is 0 Å². The highest BCUT2D eigenvalue weighted by Gasteiger charge is 2.22. The predicted molar refractivity (Wildman–Crippen MR) is 185 cm³/mol. The standard InChI is InChI=1S/C39H54N4/c1-5-9-27-41(31-33-23-25-36(26-24-33)42(28-10-6-2)29-11-7-3)32-37-38(34-19-15-13-16-20-34)40-39(43(37)30-12-8-4)35-21-17-14-18-22-35/h13-26H,5-12,27-32H2,1-4H3. The van der Waals surface area contributed by atoms with E-state index in [4.69, 9.17) is 4.98 Å². The third kappa shape index (κ3) is 9.31. The molecule has 0 aliphatic rings. The van der Waals surface area contributed by atoms with E-state index in [2.05, 4.69) is 127 Å². The van der Waals surface area contributed by atoms with Gasteiger partial charge in [-0.3, -0.25) is 4.90 Å². The Kier molecular flexibility index (Phi) is 13.4. The Morgan fingerprint density at radius 3 is 1.72 bits per heavy atom. The molecule has 4 heteroatoms. The summed E-state index contributed by atoms with van der Waals surface area (Å²) >= 11 is 0. The molecule has 4 aromatic rings. The van der Waals surface area contributed by atoms with Crippen molar-refractivity contribution in [2.45, 2.75) is 98.7 Å². The molecule has 4 nitrogen and oxygen atoms in total. The Bertz CT molecular complexity index is 1300. The molecule has 0 bridgehead atoms. The number of benzene rings is 3. The lowest BCUT2D eigenvalue weighted by Crippen LogP contribution is -2.27. The minimum absolute atomic E-state index is 0.884. The van der Waals surface area contributed by atoms with Gasteiger partial charge in [-0.15, -0.1) is 0 Å². The number of rotatable bonds is 19. The molecule has 1 aromatic heterocycles. The lowest BCUT2D eigenvalue weighted by molar-refractivity contribution is 0.246. The Labute approximate surface area is 261 Å². The molecule has 0 aliphatic heterocycles. The first-order chi connectivity index (χ1) is 21.2. The van der Waals surface area contributed by atoms with Crippen molar-refractivity contribution in [2.24, 2.45) is 0 Å². The van der Waals surface area contributed by atoms with Crippen LogP contribution in [0.25, 0.3) is 22.6 Å². The molecule has 0 unspecified atom stereocenters. The molecule has 4 rings (SSSR count). The number of imidazole rings is 1. The minimum Gasteiger partial charge on any atom is -0.372 e. The molecule has 0 N–H and O–H groups in total. The van der Waals surface area contributed by atoms with Crippen LogP contribution in [-0.4, -0.2) is 34.1 Å². The lowest BCUT2D eigenvalue weighted by Gasteiger charge is -2.26. The van der Waals surface area contributed by atoms with E-state index in [-0.39, 0.29) is 0 Å². The summed E-state index contributed by atoms with van der Waals surface area (Å²) in [5, 5.41) is 0. The Morgan fingerprint density at radius 1 is 0.581 bits per heavy atom. The van der Waals surface area contributed by atoms with Gasteiger partial charge in [0.2, 0.25) is 0 Å². The second kappa shape index (κ2) is 17.7. The maximum absolute atomic E-state index is 5.35. The van der Waals surface area contributed by atoms with Gasteiger partial charge in [0, 0.05) is 49.5 Å². The number of aromatic nitrogens is 2. The van der Waals surface area contributed by atoms with Crippen LogP contribution in [0.15, 0.2) is 84.9 Å². The number of nitrogens with zero attached hydrogens (tertiary/aromatic N) is 4. The largest absolute Gasteiger partial charge is 0.372 e. The average molecular weight is 579 g/mol. The first kappa shape index (κ1) is 32.5. The zero-order valence-corrected chi connectivity index (χ0v) is 27.3. The molecule has 0 saturated heterocycles. The van der Waals surface area contributed by atoms with Gasteiger partial charge in [-0.25, -0.2) is 4.98 Å². The van der Waals surface area contributed by atoms with Crippen LogP contribution in [0.5, 0.6) is 0 Å². The molecule has 0 amide bonds. The topological polar surface area (TPSA) is 24.3 Å². The van der Waals surface area contributed by atoms with Crippen molar-refractivity contribution < 1.29 is 0 Å². The van der Waals surface area contributed by atoms with Crippen LogP contribution in [0.3, 0.4) is 0 Å². The van der Waals surface area contributed by atoms with Gasteiger partial charge in [-0.05, 0) is 49.9 Å². The van der Waals surface area contributed by atoms with Gasteiger partial charge < -0.3 is 9.47 Å². The van der Waals surface area contributed by atoms with Gasteiger partial charge in [0.25, 0.3) is 0 Å². The first-order valence-corrected chi connectivity index (χ1v) is 16.9. The predicted octanol–water partition coefficient (Wildman–Crippen LogP) is 10.2. The molecule has 1 heterocycles. The molecule has 3 aromatic carbocycles. The van der Waals surface area contributed by atoms with Gasteiger partial charge >= 0.3 is 0 Å². The summed E-state index contributed by atoms with van der Waals surface area (Å²) in [6.07, 6.45) is 9.64. The Balaban J connectivity index is 1.66. The van der Waals surface area contributed by atoms with E-state index in [1.165, 1.54) is 66.6 Å². The first-order valence-electron chi connectivity index (χ1n) is 16.9. The van der Waals surface area contributed by atoms with Crippen molar-refractivity contribution in [2.75, 3.05) is 24.5 Å². The average Bonchev–Trinajstić information content (AvgIpc) is 3.41. The van der Waals surface area contributed by atoms with Crippen LogP contribution in [0.2, 0.25) is 0 Å². The maximum Gasteiger partial charge on any atom is 0.140 e. The molecule has 0 aliphatic carbocycles. The van der Waals surface area contributed by atoms with E-state index in [9.17, 15) is 0 Å². The molecule has 230 valence electrons. The number of hydrogen-bond acceptors (Lipinski definition) is 3. The Morgan fingerprint density at radius 2 is 1.14 bits per heavy atom. The third-order valence-corrected chi connectivity index (χ3v) is 8.36. The van der Waals surface area contributed by atoms with Gasteiger partial charge in [-0.1, -0.05) is 126 Å². The molecule has 0 spiro atoms. The second-order valence-electron chi connectivity index (χ2n) is 11.9. The van der Waals surface area contributed by atoms with Crippen molar-refractivity contribution in [1.29, 1.82) is 0 Å². The SMILES string of the molecule is CCCCN(Cc1ccc(N(CCCC)CCCC)cc1)Cc1c(-c2ccccc2)nc(-c2ccccc2)n1CCCC. The highest BCUT2D eigenvalue weighted by atomic mass is 15.2. The molecular formula is C39H54N4. The van der Waals surface area contributed by atoms with E-state index in [0.29, 0.717) is 0 Å². The van der Waals surface area contributed by atoms with Crippen molar-refractivity contribution in [3.05, 3.63) is 96.2 Å². The second-order valence-corrected chi connectivity index (χ2v) is 11.9. The summed E-state index contributed by atoms with van der Waals surface area (Å²) in [4.78, 5) is 10.6. The summed E-state index contributed by atoms with van der Waals surface area (Å²) in [6, 6.07) is 30.9. The zero-order chi connectivity index (χ0) is 30.3. The fraction of sp³-hybridized carbons (Fsp3) is 0.462. The summed E-state index contributed by atoms with van der Waals surface area (Å²) in [5.74, 6) is 1.09. The van der Waals surface area contributed by atoms with E-state index in [1.807, 2.05) is 0 Å². The zero-order valence-electron chi connectivity index (χ0n) is 27.3. The fourth-order valence-corrected chi connectivity index (χ4v) is 5.78. The summed E-state index contributed by atoms with van der Waals surface area (Å²) < 4.78 is 2.52. The van der Waals surface area contributed by atoms with Crippen molar-refractivity contribution in [3.8, 4) is 22.6 Å². The van der Waals surface area contributed by atoms with Crippen LogP contribution in [-0.2, 0) is 19.6 Å². The normalized spacial score (nSPS) is 11.4. The molecule has 0 saturated carbocycles. The maximum atomic E-state index is 5.35. The fourth-order valence-electron chi connectivity index (χ4n) is 5.78. The van der Waals surface area contributed by atoms with E-state index < -0.39 is 0 Å². The smallest absolute Gasteiger partial charge is 0.140 e. The third-order valence-electron chi connectivity index (χ3n) is 8.36. The van der Waals surface area contributed by atoms with Crippen LogP contribution in [0.4, 0.5) is 5.69 Å². The minimum atomic E-state index is 0.884. The van der Waals surface area contributed by atoms with Crippen LogP contribution < -0.4 is 4.90 Å². The van der Waals surface area contributed by atoms with E-state index in [1.54, 1.807) is 0 Å². The van der Waals surface area contributed by atoms with Gasteiger partial charge in [0.1, 0.15) is 5.82 Å². The van der Waals surface area contributed by atoms with Crippen molar-refractivity contribution >= 4 is 5.69 Å². The van der Waals surface area contributed by atoms with Crippen molar-refractivity contribution in [3.63, 3.8) is 0 Å². The highest BCUT2D eigenvalue weighted by Crippen LogP contribution is 2.31. The molecule has 0 fully saturated rings. The summed E-state index contributed by atoms with van der Waals surface area (Å²) in [7, 11) is 0. The number of anilines is 1. The van der Waals surface area contributed by atoms with E-state index in [0.717, 1.165) is 63.6 Å². The van der Waals surface area contributed by atoms with Crippen LogP contribution in [0, 0.1) is 0 Å². The van der Waals surface area contributed by atoms with Gasteiger partial charge in [0.05, 0.1) is 11.4 Å². The van der Waals surface area contributed by atoms with Crippen LogP contribution in [0.1, 0.15) is 90.3 Å². The van der Waals surface area contributed by atoms with Crippen LogP contribution >= 0.6 is 0 Å². The molecule has 0 radical (unpaired) electrons. The number of hydrogen-bond donors (Lipinski definition) is 0. The van der Waals surface area contributed by atoms with Gasteiger partial charge in [-0.2, -0.15) is 0 Å². The number of unbranched alkanes of at least 4 members (excludes halogenated alkanes) is 4. The Hall–Kier alpha value is -3.37. The summed E-state index contributed by atoms with van der Waals surface area (Å²) in [6.45, 7) is 15.3. The lowest BCUT2D eigenvalue weighted by atomic mass is 10.1. The molecule has 43 heavy (non-hydrogen) atoms. The highest BCUT2D eigenvalue weighted by molar-refractivity contribution is 5.68. The van der Waals surface area contributed by atoms with Gasteiger partial charge in [0.15, 0.2) is 0 Å². The molecular weight excluding hydrogens is 524 g/mol. The summed E-state index contributed by atoms with van der Waals surface area (Å²) in [5.41, 5.74) is 7.58.